The van der Waals surface area contributed by atoms with Crippen molar-refractivity contribution in [3.05, 3.63) is 101 Å². The summed E-state index contributed by atoms with van der Waals surface area (Å²) in [5.41, 5.74) is 8.06. The van der Waals surface area contributed by atoms with E-state index >= 15 is 0 Å². The Morgan fingerprint density at radius 3 is 2.49 bits per heavy atom. The van der Waals surface area contributed by atoms with Crippen LogP contribution in [0.4, 0.5) is 5.69 Å². The number of amides is 2. The van der Waals surface area contributed by atoms with Gasteiger partial charge >= 0.3 is 0 Å². The normalized spacial score (nSPS) is 17.8. The van der Waals surface area contributed by atoms with Gasteiger partial charge in [-0.3, -0.25) is 9.59 Å². The molecule has 5 heteroatoms. The molecule has 0 unspecified atom stereocenters. The number of hydrogen-bond acceptors (Lipinski definition) is 3. The fraction of sp³-hybridized carbons (Fsp3) is 0.312. The number of ether oxygens (including phenoxy) is 1. The molecule has 1 N–H and O–H groups in total. The number of allylic oxidation sites excluding steroid dienone is 1. The van der Waals surface area contributed by atoms with Gasteiger partial charge in [0.1, 0.15) is 11.8 Å². The van der Waals surface area contributed by atoms with Gasteiger partial charge in [-0.15, -0.1) is 0 Å². The zero-order chi connectivity index (χ0) is 25.8. The van der Waals surface area contributed by atoms with Gasteiger partial charge in [0.2, 0.25) is 11.8 Å². The molecule has 190 valence electrons. The third-order valence-electron chi connectivity index (χ3n) is 7.56. The highest BCUT2D eigenvalue weighted by Crippen LogP contribution is 2.37. The molecule has 3 aromatic rings. The number of aryl methyl sites for hydroxylation is 1. The highest BCUT2D eigenvalue weighted by Gasteiger charge is 2.28. The molecule has 2 bridgehead atoms. The lowest BCUT2D eigenvalue weighted by Crippen LogP contribution is -2.48. The van der Waals surface area contributed by atoms with Gasteiger partial charge in [-0.1, -0.05) is 54.1 Å². The Morgan fingerprint density at radius 1 is 0.919 bits per heavy atom. The van der Waals surface area contributed by atoms with Gasteiger partial charge < -0.3 is 15.0 Å². The Balaban J connectivity index is 1.44. The van der Waals surface area contributed by atoms with Crippen molar-refractivity contribution in [1.29, 1.82) is 0 Å². The van der Waals surface area contributed by atoms with Crippen molar-refractivity contribution in [3.8, 4) is 5.75 Å². The van der Waals surface area contributed by atoms with Crippen LogP contribution in [0, 0.1) is 0 Å². The van der Waals surface area contributed by atoms with E-state index in [1.165, 1.54) is 22.3 Å². The Kier molecular flexibility index (Phi) is 7.40. The van der Waals surface area contributed by atoms with Crippen LogP contribution in [-0.2, 0) is 28.9 Å². The number of methoxy groups -OCH3 is 1. The van der Waals surface area contributed by atoms with Crippen LogP contribution in [-0.4, -0.2) is 32.0 Å². The standard InChI is InChI=1S/C32H34N2O3/c1-34(26-14-16-27(37-2)17-15-26)32(36)30-19-23-10-7-9-22(18-23)8-3-4-12-25-20-24-11-5-6-13-28(24)29(25)21-31(35)33-30/h5-7,9-11,13-18,30H,3-4,8,12,19-21H2,1-2H3,(H,33,35)/t30-/m0/s1. The van der Waals surface area contributed by atoms with Crippen LogP contribution in [0.5, 0.6) is 5.75 Å². The monoisotopic (exact) mass is 494 g/mol. The maximum atomic E-state index is 13.7. The molecular formula is C32H34N2O3. The molecule has 0 aromatic heterocycles. The number of carbonyl (C=O) groups excluding carboxylic acids is 2. The summed E-state index contributed by atoms with van der Waals surface area (Å²) < 4.78 is 5.26. The molecule has 0 saturated carbocycles. The maximum absolute atomic E-state index is 13.7. The third-order valence-corrected chi connectivity index (χ3v) is 7.56. The zero-order valence-corrected chi connectivity index (χ0v) is 21.6. The molecule has 3 aromatic carbocycles. The molecular weight excluding hydrogens is 460 g/mol. The summed E-state index contributed by atoms with van der Waals surface area (Å²) in [6.07, 6.45) is 5.87. The fourth-order valence-electron chi connectivity index (χ4n) is 5.54. The van der Waals surface area contributed by atoms with Crippen LogP contribution in [0.25, 0.3) is 5.57 Å². The average Bonchev–Trinajstić information content (AvgIpc) is 3.26. The Labute approximate surface area is 219 Å². The molecule has 1 heterocycles. The molecule has 37 heavy (non-hydrogen) atoms. The first kappa shape index (κ1) is 24.8. The van der Waals surface area contributed by atoms with Crippen molar-refractivity contribution in [2.45, 2.75) is 51.0 Å². The van der Waals surface area contributed by atoms with Gasteiger partial charge in [0.15, 0.2) is 0 Å². The third kappa shape index (κ3) is 5.61. The van der Waals surface area contributed by atoms with E-state index in [1.54, 1.807) is 19.1 Å². The molecule has 0 fully saturated rings. The average molecular weight is 495 g/mol. The molecule has 0 radical (unpaired) electrons. The lowest BCUT2D eigenvalue weighted by molar-refractivity contribution is -0.126. The summed E-state index contributed by atoms with van der Waals surface area (Å²) in [5, 5.41) is 3.11. The Bertz CT molecular complexity index is 1330. The predicted molar refractivity (Wildman–Crippen MR) is 148 cm³/mol. The van der Waals surface area contributed by atoms with Gasteiger partial charge in [0.25, 0.3) is 0 Å². The lowest BCUT2D eigenvalue weighted by Gasteiger charge is -2.25. The molecule has 2 amide bonds. The van der Waals surface area contributed by atoms with E-state index in [9.17, 15) is 9.59 Å². The minimum Gasteiger partial charge on any atom is -0.497 e. The summed E-state index contributed by atoms with van der Waals surface area (Å²) in [5.74, 6) is 0.476. The first-order chi connectivity index (χ1) is 18.0. The number of likely N-dealkylation sites (N-methyl/N-ethyl adjacent to an activating group) is 1. The topological polar surface area (TPSA) is 58.6 Å². The number of benzene rings is 3. The largest absolute Gasteiger partial charge is 0.497 e. The van der Waals surface area contributed by atoms with Crippen molar-refractivity contribution in [1.82, 2.24) is 5.32 Å². The minimum absolute atomic E-state index is 0.112. The quantitative estimate of drug-likeness (QED) is 0.522. The van der Waals surface area contributed by atoms with Crippen LogP contribution in [0.15, 0.2) is 78.4 Å². The Hall–Kier alpha value is -3.86. The number of carbonyl (C=O) groups is 2. The molecule has 1 atom stereocenters. The van der Waals surface area contributed by atoms with Crippen LogP contribution >= 0.6 is 0 Å². The van der Waals surface area contributed by atoms with Gasteiger partial charge in [-0.25, -0.2) is 0 Å². The summed E-state index contributed by atoms with van der Waals surface area (Å²) in [4.78, 5) is 28.8. The minimum atomic E-state index is -0.668. The molecule has 5 nitrogen and oxygen atoms in total. The fourth-order valence-corrected chi connectivity index (χ4v) is 5.54. The van der Waals surface area contributed by atoms with Crippen LogP contribution in [0.2, 0.25) is 0 Å². The number of nitrogens with zero attached hydrogens (tertiary/aromatic N) is 1. The van der Waals surface area contributed by atoms with Crippen LogP contribution in [0.1, 0.15) is 47.9 Å². The zero-order valence-electron chi connectivity index (χ0n) is 21.6. The van der Waals surface area contributed by atoms with E-state index in [4.69, 9.17) is 4.74 Å². The van der Waals surface area contributed by atoms with Crippen molar-refractivity contribution in [2.75, 3.05) is 19.1 Å². The smallest absolute Gasteiger partial charge is 0.249 e. The van der Waals surface area contributed by atoms with Gasteiger partial charge in [-0.05, 0) is 84.2 Å². The predicted octanol–water partition coefficient (Wildman–Crippen LogP) is 5.51. The van der Waals surface area contributed by atoms with E-state index < -0.39 is 6.04 Å². The molecule has 1 aliphatic carbocycles. The Morgan fingerprint density at radius 2 is 1.68 bits per heavy atom. The maximum Gasteiger partial charge on any atom is 0.249 e. The van der Waals surface area contributed by atoms with E-state index in [0.29, 0.717) is 12.8 Å². The van der Waals surface area contributed by atoms with Crippen molar-refractivity contribution in [3.63, 3.8) is 0 Å². The van der Waals surface area contributed by atoms with E-state index in [0.717, 1.165) is 54.7 Å². The van der Waals surface area contributed by atoms with Crippen molar-refractivity contribution >= 4 is 23.1 Å². The van der Waals surface area contributed by atoms with Gasteiger partial charge in [0.05, 0.1) is 13.5 Å². The second-order valence-electron chi connectivity index (χ2n) is 10.0. The van der Waals surface area contributed by atoms with Crippen molar-refractivity contribution < 1.29 is 14.3 Å². The SMILES string of the molecule is COc1ccc(N(C)C(=O)[C@@H]2Cc3cccc(c3)CCCCC3=C(CC(=O)N2)c2ccccc2C3)cc1. The van der Waals surface area contributed by atoms with E-state index in [2.05, 4.69) is 41.7 Å². The van der Waals surface area contributed by atoms with E-state index in [-0.39, 0.29) is 11.8 Å². The van der Waals surface area contributed by atoms with Crippen LogP contribution in [0.3, 0.4) is 0 Å². The lowest BCUT2D eigenvalue weighted by atomic mass is 9.95. The molecule has 1 aliphatic heterocycles. The summed E-state index contributed by atoms with van der Waals surface area (Å²) >= 11 is 0. The second-order valence-corrected chi connectivity index (χ2v) is 10.0. The number of anilines is 1. The first-order valence-corrected chi connectivity index (χ1v) is 13.1. The number of rotatable bonds is 3. The number of fused-ring (bicyclic) bond motifs is 4. The first-order valence-electron chi connectivity index (χ1n) is 13.1. The van der Waals surface area contributed by atoms with E-state index in [1.807, 2.05) is 36.4 Å². The molecule has 0 saturated heterocycles. The summed E-state index contributed by atoms with van der Waals surface area (Å²) in [6.45, 7) is 0. The van der Waals surface area contributed by atoms with Crippen molar-refractivity contribution in [2.24, 2.45) is 0 Å². The number of hydrogen-bond donors (Lipinski definition) is 1. The van der Waals surface area contributed by atoms with Gasteiger partial charge in [0, 0.05) is 19.2 Å². The van der Waals surface area contributed by atoms with Crippen LogP contribution < -0.4 is 15.0 Å². The number of nitrogens with one attached hydrogen (secondary N) is 1. The summed E-state index contributed by atoms with van der Waals surface area (Å²) in [6, 6.07) is 23.5. The summed E-state index contributed by atoms with van der Waals surface area (Å²) in [7, 11) is 3.37. The molecule has 2 aliphatic rings. The highest BCUT2D eigenvalue weighted by molar-refractivity contribution is 6.00. The molecule has 0 spiro atoms. The highest BCUT2D eigenvalue weighted by atomic mass is 16.5. The van der Waals surface area contributed by atoms with Gasteiger partial charge in [-0.2, -0.15) is 0 Å². The second kappa shape index (κ2) is 11.0. The molecule has 5 rings (SSSR count).